The molecule has 3 N–H and O–H groups in total. The van der Waals surface area contributed by atoms with Crippen molar-refractivity contribution in [2.24, 2.45) is 5.73 Å². The van der Waals surface area contributed by atoms with Crippen LogP contribution < -0.4 is 19.9 Å². The number of alkyl halides is 3. The highest BCUT2D eigenvalue weighted by atomic mass is 19.4. The van der Waals surface area contributed by atoms with Gasteiger partial charge in [-0.15, -0.1) is 5.10 Å². The zero-order valence-corrected chi connectivity index (χ0v) is 12.3. The van der Waals surface area contributed by atoms with Gasteiger partial charge >= 0.3 is 6.18 Å². The van der Waals surface area contributed by atoms with E-state index in [0.29, 0.717) is 17.1 Å². The molecule has 0 saturated heterocycles. The quantitative estimate of drug-likeness (QED) is 0.818. The first-order valence-electron chi connectivity index (χ1n) is 7.02. The van der Waals surface area contributed by atoms with Crippen molar-refractivity contribution in [3.63, 3.8) is 0 Å². The van der Waals surface area contributed by atoms with E-state index in [2.05, 4.69) is 5.10 Å². The molecule has 0 spiro atoms. The van der Waals surface area contributed by atoms with Crippen LogP contribution >= 0.6 is 0 Å². The number of nitrogens with two attached hydrogens (primary N) is 1. The summed E-state index contributed by atoms with van der Waals surface area (Å²) in [5.41, 5.74) is 4.56. The van der Waals surface area contributed by atoms with Crippen LogP contribution in [0.3, 0.4) is 0 Å². The van der Waals surface area contributed by atoms with Crippen molar-refractivity contribution >= 4 is 0 Å². The molecule has 0 radical (unpaired) electrons. The lowest BCUT2D eigenvalue weighted by molar-refractivity contribution is -0.141. The third-order valence-corrected chi connectivity index (χ3v) is 3.95. The summed E-state index contributed by atoms with van der Waals surface area (Å²) in [6.07, 6.45) is -4.70. The molecule has 2 aliphatic heterocycles. The van der Waals surface area contributed by atoms with Crippen molar-refractivity contribution < 1.29 is 27.4 Å². The van der Waals surface area contributed by atoms with Crippen LogP contribution in [0.1, 0.15) is 22.7 Å². The summed E-state index contributed by atoms with van der Waals surface area (Å²) in [7, 11) is 0. The average Bonchev–Trinajstić information content (AvgIpc) is 3.18. The molecule has 1 aromatic heterocycles. The molecule has 7 nitrogen and oxygen atoms in total. The standard InChI is InChI=1S/C15H9F3N4O3/c16-15(17,18)12-11-10(6-1-2-8-9(3-6)24-5-23-8)7(4-19)13(20)25-14(11)22-21-12/h1-3,10H,5,20H2,(H,21,22)/t10-/m0/s1. The minimum Gasteiger partial charge on any atom is -0.454 e. The van der Waals surface area contributed by atoms with Crippen LogP contribution in [0.25, 0.3) is 0 Å². The minimum absolute atomic E-state index is 0.0143. The van der Waals surface area contributed by atoms with E-state index in [-0.39, 0.29) is 29.7 Å². The number of hydrogen-bond acceptors (Lipinski definition) is 6. The zero-order valence-electron chi connectivity index (χ0n) is 12.3. The molecule has 2 aliphatic rings. The summed E-state index contributed by atoms with van der Waals surface area (Å²) in [5, 5.41) is 14.9. The van der Waals surface area contributed by atoms with Gasteiger partial charge in [0.1, 0.15) is 17.3 Å². The second kappa shape index (κ2) is 5.07. The third-order valence-electron chi connectivity index (χ3n) is 3.95. The molecule has 0 unspecified atom stereocenters. The van der Waals surface area contributed by atoms with Gasteiger partial charge in [-0.3, -0.25) is 5.10 Å². The van der Waals surface area contributed by atoms with E-state index in [0.717, 1.165) is 0 Å². The molecule has 1 atom stereocenters. The van der Waals surface area contributed by atoms with Gasteiger partial charge in [-0.2, -0.15) is 18.4 Å². The van der Waals surface area contributed by atoms with Crippen molar-refractivity contribution in [3.8, 4) is 23.4 Å². The number of benzene rings is 1. The van der Waals surface area contributed by atoms with Crippen LogP contribution in [0.4, 0.5) is 13.2 Å². The number of rotatable bonds is 1. The first kappa shape index (κ1) is 15.2. The fourth-order valence-electron chi connectivity index (χ4n) is 2.89. The van der Waals surface area contributed by atoms with Crippen LogP contribution in [0, 0.1) is 11.3 Å². The summed E-state index contributed by atoms with van der Waals surface area (Å²) in [6, 6.07) is 6.45. The second-order valence-corrected chi connectivity index (χ2v) is 5.35. The van der Waals surface area contributed by atoms with Gasteiger partial charge in [0.15, 0.2) is 11.5 Å². The molecular weight excluding hydrogens is 341 g/mol. The number of nitriles is 1. The van der Waals surface area contributed by atoms with Gasteiger partial charge < -0.3 is 19.9 Å². The maximum absolute atomic E-state index is 13.3. The molecule has 128 valence electrons. The highest BCUT2D eigenvalue weighted by molar-refractivity contribution is 5.58. The highest BCUT2D eigenvalue weighted by Crippen LogP contribution is 2.48. The van der Waals surface area contributed by atoms with E-state index in [1.54, 1.807) is 12.1 Å². The molecule has 0 bridgehead atoms. The SMILES string of the molecule is N#CC1=C(N)Oc2n[nH]c(C(F)(F)F)c2[C@H]1c1ccc2c(c1)OCO2. The zero-order chi connectivity index (χ0) is 17.8. The summed E-state index contributed by atoms with van der Waals surface area (Å²) < 4.78 is 55.6. The molecule has 0 aliphatic carbocycles. The maximum atomic E-state index is 13.3. The van der Waals surface area contributed by atoms with Crippen molar-refractivity contribution in [1.29, 1.82) is 5.26 Å². The fourth-order valence-corrected chi connectivity index (χ4v) is 2.89. The number of halogens is 3. The summed E-state index contributed by atoms with van der Waals surface area (Å²) >= 11 is 0. The monoisotopic (exact) mass is 350 g/mol. The van der Waals surface area contributed by atoms with Crippen LogP contribution in [0.15, 0.2) is 29.7 Å². The van der Waals surface area contributed by atoms with Gasteiger partial charge in [0, 0.05) is 0 Å². The number of nitrogens with one attached hydrogen (secondary N) is 1. The van der Waals surface area contributed by atoms with Crippen LogP contribution in [0.5, 0.6) is 17.4 Å². The first-order valence-corrected chi connectivity index (χ1v) is 7.02. The summed E-state index contributed by atoms with van der Waals surface area (Å²) in [4.78, 5) is 0. The number of fused-ring (bicyclic) bond motifs is 2. The maximum Gasteiger partial charge on any atom is 0.433 e. The number of nitrogens with zero attached hydrogens (tertiary/aromatic N) is 2. The van der Waals surface area contributed by atoms with Crippen LogP contribution in [-0.4, -0.2) is 17.0 Å². The number of H-pyrrole nitrogens is 1. The molecule has 1 aromatic carbocycles. The van der Waals surface area contributed by atoms with Crippen LogP contribution in [0.2, 0.25) is 0 Å². The summed E-state index contributed by atoms with van der Waals surface area (Å²) in [6.45, 7) is 0.0143. The smallest absolute Gasteiger partial charge is 0.433 e. The molecule has 4 rings (SSSR count). The fraction of sp³-hybridized carbons (Fsp3) is 0.200. The van der Waals surface area contributed by atoms with Crippen molar-refractivity contribution in [2.45, 2.75) is 12.1 Å². The van der Waals surface area contributed by atoms with E-state index >= 15 is 0 Å². The van der Waals surface area contributed by atoms with Gasteiger partial charge in [0.05, 0.1) is 11.5 Å². The lowest BCUT2D eigenvalue weighted by Crippen LogP contribution is -2.22. The van der Waals surface area contributed by atoms with E-state index < -0.39 is 17.8 Å². The lowest BCUT2D eigenvalue weighted by atomic mass is 9.84. The van der Waals surface area contributed by atoms with Gasteiger partial charge in [0.2, 0.25) is 18.6 Å². The Hall–Kier alpha value is -3.35. The molecular formula is C15H9F3N4O3. The van der Waals surface area contributed by atoms with Crippen molar-refractivity contribution in [3.05, 3.63) is 46.5 Å². The summed E-state index contributed by atoms with van der Waals surface area (Å²) in [5.74, 6) is -0.865. The van der Waals surface area contributed by atoms with Crippen LogP contribution in [-0.2, 0) is 6.18 Å². The molecule has 3 heterocycles. The topological polar surface area (TPSA) is 106 Å². The number of ether oxygens (including phenoxy) is 3. The van der Waals surface area contributed by atoms with E-state index in [9.17, 15) is 18.4 Å². The van der Waals surface area contributed by atoms with Crippen molar-refractivity contribution in [2.75, 3.05) is 6.79 Å². The predicted octanol–water partition coefficient (Wildman–Crippen LogP) is 2.38. The molecule has 2 aromatic rings. The molecule has 10 heteroatoms. The normalized spacial score (nSPS) is 18.6. The third kappa shape index (κ3) is 2.24. The number of aromatic amines is 1. The Kier molecular flexibility index (Phi) is 3.08. The van der Waals surface area contributed by atoms with E-state index in [1.807, 2.05) is 11.2 Å². The predicted molar refractivity (Wildman–Crippen MR) is 75.5 cm³/mol. The molecule has 0 saturated carbocycles. The van der Waals surface area contributed by atoms with E-state index in [4.69, 9.17) is 19.9 Å². The highest BCUT2D eigenvalue weighted by Gasteiger charge is 2.44. The Balaban J connectivity index is 1.94. The number of aromatic nitrogens is 2. The van der Waals surface area contributed by atoms with Gasteiger partial charge in [-0.05, 0) is 17.7 Å². The van der Waals surface area contributed by atoms with Gasteiger partial charge in [0.25, 0.3) is 0 Å². The van der Waals surface area contributed by atoms with Crippen molar-refractivity contribution in [1.82, 2.24) is 10.2 Å². The molecule has 25 heavy (non-hydrogen) atoms. The van der Waals surface area contributed by atoms with E-state index in [1.165, 1.54) is 6.07 Å². The first-order chi connectivity index (χ1) is 11.9. The Labute approximate surface area is 138 Å². The molecule has 0 fully saturated rings. The largest absolute Gasteiger partial charge is 0.454 e. The number of hydrogen-bond donors (Lipinski definition) is 2. The average molecular weight is 350 g/mol. The Morgan fingerprint density at radius 3 is 2.76 bits per heavy atom. The minimum atomic E-state index is -4.70. The van der Waals surface area contributed by atoms with Gasteiger partial charge in [-0.1, -0.05) is 6.07 Å². The Bertz CT molecular complexity index is 942. The Morgan fingerprint density at radius 2 is 2.04 bits per heavy atom. The number of allylic oxidation sites excluding steroid dienone is 1. The van der Waals surface area contributed by atoms with Gasteiger partial charge in [-0.25, -0.2) is 0 Å². The molecule has 0 amide bonds. The lowest BCUT2D eigenvalue weighted by Gasteiger charge is -2.24. The second-order valence-electron chi connectivity index (χ2n) is 5.35. The Morgan fingerprint density at radius 1 is 1.28 bits per heavy atom.